The Hall–Kier alpha value is -0.480. The lowest BCUT2D eigenvalue weighted by Crippen LogP contribution is -2.28. The fourth-order valence-electron chi connectivity index (χ4n) is 1.44. The van der Waals surface area contributed by atoms with E-state index in [1.807, 2.05) is 0 Å². The molecule has 0 amide bonds. The van der Waals surface area contributed by atoms with Gasteiger partial charge in [-0.25, -0.2) is 0 Å². The van der Waals surface area contributed by atoms with Gasteiger partial charge in [-0.2, -0.15) is 10.2 Å². The van der Waals surface area contributed by atoms with E-state index in [9.17, 15) is 5.11 Å². The topological polar surface area (TPSA) is 65.2 Å². The summed E-state index contributed by atoms with van der Waals surface area (Å²) >= 11 is 0. The van der Waals surface area contributed by atoms with Crippen LogP contribution in [-0.4, -0.2) is 29.1 Å². The lowest BCUT2D eigenvalue weighted by atomic mass is 9.93. The van der Waals surface area contributed by atoms with E-state index in [4.69, 9.17) is 5.11 Å². The van der Waals surface area contributed by atoms with Crippen molar-refractivity contribution < 1.29 is 10.2 Å². The van der Waals surface area contributed by atoms with Crippen LogP contribution in [0.1, 0.15) is 32.1 Å². The van der Waals surface area contributed by atoms with Crippen LogP contribution in [-0.2, 0) is 0 Å². The Balaban J connectivity index is 2.35. The molecule has 12 heavy (non-hydrogen) atoms. The highest BCUT2D eigenvalue weighted by molar-refractivity contribution is 4.77. The molecule has 0 aromatic heterocycles. The molecule has 0 aliphatic heterocycles. The van der Waals surface area contributed by atoms with Gasteiger partial charge in [0.1, 0.15) is 0 Å². The van der Waals surface area contributed by atoms with Crippen molar-refractivity contribution >= 4 is 0 Å². The van der Waals surface area contributed by atoms with E-state index >= 15 is 0 Å². The van der Waals surface area contributed by atoms with E-state index in [-0.39, 0.29) is 6.61 Å². The molecule has 1 rings (SSSR count). The zero-order valence-corrected chi connectivity index (χ0v) is 7.24. The van der Waals surface area contributed by atoms with Gasteiger partial charge < -0.3 is 10.2 Å². The maximum Gasteiger partial charge on any atom is 0.176 e. The Morgan fingerprint density at radius 1 is 1.17 bits per heavy atom. The quantitative estimate of drug-likeness (QED) is 0.626. The van der Waals surface area contributed by atoms with E-state index in [1.54, 1.807) is 0 Å². The summed E-state index contributed by atoms with van der Waals surface area (Å²) < 4.78 is 0. The average molecular weight is 172 g/mol. The average Bonchev–Trinajstić information content (AvgIpc) is 2.06. The molecule has 1 fully saturated rings. The minimum Gasteiger partial charge on any atom is -0.394 e. The van der Waals surface area contributed by atoms with Crippen molar-refractivity contribution in [1.82, 2.24) is 0 Å². The SMILES string of the molecule is OCCN=NC1(O)CCCCC1. The summed E-state index contributed by atoms with van der Waals surface area (Å²) in [6.07, 6.45) is 4.64. The number of hydrogen-bond donors (Lipinski definition) is 2. The maximum atomic E-state index is 9.76. The van der Waals surface area contributed by atoms with Crippen molar-refractivity contribution in [3.8, 4) is 0 Å². The molecule has 0 saturated heterocycles. The standard InChI is InChI=1S/C8H16N2O2/c11-7-6-9-10-8(12)4-2-1-3-5-8/h11-12H,1-7H2. The fourth-order valence-corrected chi connectivity index (χ4v) is 1.44. The van der Waals surface area contributed by atoms with Crippen molar-refractivity contribution in [2.45, 2.75) is 37.8 Å². The van der Waals surface area contributed by atoms with Crippen LogP contribution >= 0.6 is 0 Å². The van der Waals surface area contributed by atoms with Gasteiger partial charge >= 0.3 is 0 Å². The number of aliphatic hydroxyl groups is 2. The first-order valence-corrected chi connectivity index (χ1v) is 4.49. The molecular weight excluding hydrogens is 156 g/mol. The number of azo groups is 1. The Morgan fingerprint density at radius 3 is 2.42 bits per heavy atom. The van der Waals surface area contributed by atoms with E-state index in [1.165, 1.54) is 6.42 Å². The summed E-state index contributed by atoms with van der Waals surface area (Å²) in [7, 11) is 0. The minimum absolute atomic E-state index is 0.000417. The van der Waals surface area contributed by atoms with Gasteiger partial charge in [-0.05, 0) is 25.7 Å². The van der Waals surface area contributed by atoms with Crippen LogP contribution in [0.15, 0.2) is 10.2 Å². The van der Waals surface area contributed by atoms with Crippen LogP contribution in [0.4, 0.5) is 0 Å². The van der Waals surface area contributed by atoms with Gasteiger partial charge in [-0.3, -0.25) is 0 Å². The first-order chi connectivity index (χ1) is 5.77. The molecule has 4 heteroatoms. The third kappa shape index (κ3) is 2.87. The smallest absolute Gasteiger partial charge is 0.176 e. The van der Waals surface area contributed by atoms with Crippen molar-refractivity contribution in [2.24, 2.45) is 10.2 Å². The van der Waals surface area contributed by atoms with Crippen LogP contribution in [0.3, 0.4) is 0 Å². The molecule has 0 spiro atoms. The van der Waals surface area contributed by atoms with Gasteiger partial charge in [0, 0.05) is 0 Å². The minimum atomic E-state index is -0.923. The van der Waals surface area contributed by atoms with Crippen LogP contribution in [0.25, 0.3) is 0 Å². The molecule has 0 unspecified atom stereocenters. The van der Waals surface area contributed by atoms with Gasteiger partial charge in [-0.1, -0.05) is 6.42 Å². The van der Waals surface area contributed by atoms with Gasteiger partial charge in [0.15, 0.2) is 5.72 Å². The van der Waals surface area contributed by atoms with Crippen LogP contribution in [0.5, 0.6) is 0 Å². The summed E-state index contributed by atoms with van der Waals surface area (Å²) in [6.45, 7) is 0.294. The summed E-state index contributed by atoms with van der Waals surface area (Å²) in [5.41, 5.74) is -0.923. The number of hydrogen-bond acceptors (Lipinski definition) is 4. The molecular formula is C8H16N2O2. The highest BCUT2D eigenvalue weighted by atomic mass is 16.3. The zero-order valence-electron chi connectivity index (χ0n) is 7.24. The van der Waals surface area contributed by atoms with Gasteiger partial charge in [0.2, 0.25) is 0 Å². The molecule has 0 radical (unpaired) electrons. The molecule has 2 N–H and O–H groups in total. The van der Waals surface area contributed by atoms with E-state index < -0.39 is 5.72 Å². The summed E-state index contributed by atoms with van der Waals surface area (Å²) in [5, 5.41) is 25.7. The maximum absolute atomic E-state index is 9.76. The highest BCUT2D eigenvalue weighted by Gasteiger charge is 2.28. The van der Waals surface area contributed by atoms with E-state index in [0.29, 0.717) is 19.4 Å². The number of nitrogens with zero attached hydrogens (tertiary/aromatic N) is 2. The van der Waals surface area contributed by atoms with Gasteiger partial charge in [-0.15, -0.1) is 0 Å². The largest absolute Gasteiger partial charge is 0.394 e. The Morgan fingerprint density at radius 2 is 1.83 bits per heavy atom. The second-order valence-corrected chi connectivity index (χ2v) is 3.23. The van der Waals surface area contributed by atoms with Gasteiger partial charge in [0.05, 0.1) is 13.2 Å². The molecule has 4 nitrogen and oxygen atoms in total. The second kappa shape index (κ2) is 4.52. The van der Waals surface area contributed by atoms with Crippen molar-refractivity contribution in [1.29, 1.82) is 0 Å². The van der Waals surface area contributed by atoms with Crippen molar-refractivity contribution in [2.75, 3.05) is 13.2 Å². The lowest BCUT2D eigenvalue weighted by Gasteiger charge is -2.26. The predicted octanol–water partition coefficient (Wildman–Crippen LogP) is 1.08. The normalized spacial score (nSPS) is 23.2. The molecule has 0 bridgehead atoms. The van der Waals surface area contributed by atoms with Crippen molar-refractivity contribution in [3.63, 3.8) is 0 Å². The Labute approximate surface area is 72.3 Å². The summed E-state index contributed by atoms with van der Waals surface area (Å²) in [5.74, 6) is 0. The second-order valence-electron chi connectivity index (χ2n) is 3.23. The molecule has 70 valence electrons. The first kappa shape index (κ1) is 9.61. The summed E-state index contributed by atoms with van der Waals surface area (Å²) in [4.78, 5) is 0. The lowest BCUT2D eigenvalue weighted by molar-refractivity contribution is 0.00499. The molecule has 1 aliphatic rings. The Kier molecular flexibility index (Phi) is 3.62. The number of rotatable bonds is 3. The Bertz CT molecular complexity index is 153. The molecule has 1 saturated carbocycles. The molecule has 0 atom stereocenters. The summed E-state index contributed by atoms with van der Waals surface area (Å²) in [6, 6.07) is 0. The molecule has 0 aromatic rings. The third-order valence-corrected chi connectivity index (χ3v) is 2.11. The van der Waals surface area contributed by atoms with E-state index in [0.717, 1.165) is 12.8 Å². The molecule has 0 heterocycles. The highest BCUT2D eigenvalue weighted by Crippen LogP contribution is 2.29. The van der Waals surface area contributed by atoms with Gasteiger partial charge in [0.25, 0.3) is 0 Å². The van der Waals surface area contributed by atoms with Crippen LogP contribution in [0.2, 0.25) is 0 Å². The van der Waals surface area contributed by atoms with Crippen LogP contribution in [0, 0.1) is 0 Å². The molecule has 0 aromatic carbocycles. The first-order valence-electron chi connectivity index (χ1n) is 4.49. The van der Waals surface area contributed by atoms with Crippen molar-refractivity contribution in [3.05, 3.63) is 0 Å². The monoisotopic (exact) mass is 172 g/mol. The predicted molar refractivity (Wildman–Crippen MR) is 44.8 cm³/mol. The van der Waals surface area contributed by atoms with E-state index in [2.05, 4.69) is 10.2 Å². The third-order valence-electron chi connectivity index (χ3n) is 2.11. The number of aliphatic hydroxyl groups excluding tert-OH is 1. The zero-order chi connectivity index (χ0) is 8.86. The van der Waals surface area contributed by atoms with Crippen LogP contribution < -0.4 is 0 Å². The fraction of sp³-hybridized carbons (Fsp3) is 1.00. The molecule has 1 aliphatic carbocycles.